The zero-order valence-electron chi connectivity index (χ0n) is 18.8. The number of nitrogens with one attached hydrogen (secondary N) is 1. The number of hydrogen-bond acceptors (Lipinski definition) is 7. The van der Waals surface area contributed by atoms with Crippen LogP contribution in [-0.2, 0) is 11.2 Å². The maximum atomic E-state index is 13.5. The first-order valence-corrected chi connectivity index (χ1v) is 12.1. The van der Waals surface area contributed by atoms with Gasteiger partial charge in [0.2, 0.25) is 12.7 Å². The predicted molar refractivity (Wildman–Crippen MR) is 133 cm³/mol. The van der Waals surface area contributed by atoms with Crippen molar-refractivity contribution in [2.45, 2.75) is 12.5 Å². The molecule has 0 fully saturated rings. The second-order valence-electron chi connectivity index (χ2n) is 8.33. The van der Waals surface area contributed by atoms with Crippen molar-refractivity contribution in [3.63, 3.8) is 0 Å². The van der Waals surface area contributed by atoms with Crippen LogP contribution in [0, 0.1) is 0 Å². The molecule has 8 nitrogen and oxygen atoms in total. The Labute approximate surface area is 210 Å². The summed E-state index contributed by atoms with van der Waals surface area (Å²) in [5.74, 6) is -0.134. The van der Waals surface area contributed by atoms with Gasteiger partial charge < -0.3 is 14.8 Å². The number of ether oxygens (including phenoxy) is 2. The molecule has 1 atom stereocenters. The van der Waals surface area contributed by atoms with Gasteiger partial charge in [0.1, 0.15) is 6.04 Å². The molecule has 2 aliphatic rings. The fourth-order valence-corrected chi connectivity index (χ4v) is 5.06. The molecule has 3 amide bonds. The van der Waals surface area contributed by atoms with E-state index in [4.69, 9.17) is 9.47 Å². The second kappa shape index (κ2) is 8.94. The van der Waals surface area contributed by atoms with Gasteiger partial charge in [0, 0.05) is 17.4 Å². The number of carbonyl (C=O) groups is 3. The van der Waals surface area contributed by atoms with E-state index in [1.807, 2.05) is 53.9 Å². The van der Waals surface area contributed by atoms with Crippen LogP contribution in [0.2, 0.25) is 0 Å². The summed E-state index contributed by atoms with van der Waals surface area (Å²) in [7, 11) is 0. The van der Waals surface area contributed by atoms with Crippen LogP contribution in [0.5, 0.6) is 11.5 Å². The number of nitrogens with zero attached hydrogens (tertiary/aromatic N) is 2. The average Bonchev–Trinajstić information content (AvgIpc) is 3.62. The van der Waals surface area contributed by atoms with E-state index in [0.29, 0.717) is 33.5 Å². The van der Waals surface area contributed by atoms with Gasteiger partial charge in [-0.25, -0.2) is 4.98 Å². The Balaban J connectivity index is 1.27. The third-order valence-electron chi connectivity index (χ3n) is 6.11. The van der Waals surface area contributed by atoms with Crippen molar-refractivity contribution in [1.82, 2.24) is 9.88 Å². The molecule has 0 radical (unpaired) electrons. The van der Waals surface area contributed by atoms with Gasteiger partial charge in [0.25, 0.3) is 11.8 Å². The molecule has 3 aromatic carbocycles. The number of carbonyl (C=O) groups excluding carboxylic acids is 3. The molecule has 178 valence electrons. The summed E-state index contributed by atoms with van der Waals surface area (Å²) in [6.45, 7) is 0.178. The summed E-state index contributed by atoms with van der Waals surface area (Å²) in [5.41, 5.74) is 2.90. The summed E-state index contributed by atoms with van der Waals surface area (Å²) in [4.78, 5) is 45.5. The number of benzene rings is 3. The monoisotopic (exact) mass is 497 g/mol. The van der Waals surface area contributed by atoms with Crippen LogP contribution in [0.4, 0.5) is 5.13 Å². The first-order valence-electron chi connectivity index (χ1n) is 11.3. The zero-order chi connectivity index (χ0) is 24.6. The van der Waals surface area contributed by atoms with Crippen LogP contribution in [0.15, 0.2) is 78.2 Å². The van der Waals surface area contributed by atoms with E-state index in [0.717, 1.165) is 16.0 Å². The van der Waals surface area contributed by atoms with Gasteiger partial charge >= 0.3 is 0 Å². The lowest BCUT2D eigenvalue weighted by Crippen LogP contribution is -2.48. The summed E-state index contributed by atoms with van der Waals surface area (Å²) in [5, 5.41) is 5.00. The molecule has 36 heavy (non-hydrogen) atoms. The highest BCUT2D eigenvalue weighted by Gasteiger charge is 2.42. The molecule has 0 unspecified atom stereocenters. The Morgan fingerprint density at radius 3 is 2.39 bits per heavy atom. The number of aromatic nitrogens is 1. The average molecular weight is 498 g/mol. The van der Waals surface area contributed by atoms with Crippen LogP contribution in [0.3, 0.4) is 0 Å². The minimum Gasteiger partial charge on any atom is -0.454 e. The van der Waals surface area contributed by atoms with Gasteiger partial charge in [0.05, 0.1) is 16.8 Å². The van der Waals surface area contributed by atoms with E-state index in [-0.39, 0.29) is 13.2 Å². The fourth-order valence-electron chi connectivity index (χ4n) is 4.34. The number of anilines is 1. The van der Waals surface area contributed by atoms with E-state index < -0.39 is 23.8 Å². The first kappa shape index (κ1) is 22.0. The lowest BCUT2D eigenvalue weighted by atomic mass is 10.0. The molecule has 6 rings (SSSR count). The van der Waals surface area contributed by atoms with E-state index in [1.165, 1.54) is 11.3 Å². The van der Waals surface area contributed by atoms with E-state index in [9.17, 15) is 14.4 Å². The second-order valence-corrected chi connectivity index (χ2v) is 9.18. The van der Waals surface area contributed by atoms with E-state index in [2.05, 4.69) is 10.3 Å². The topological polar surface area (TPSA) is 97.8 Å². The molecule has 4 aromatic rings. The summed E-state index contributed by atoms with van der Waals surface area (Å²) < 4.78 is 10.8. The minimum absolute atomic E-state index is 0.178. The predicted octanol–water partition coefficient (Wildman–Crippen LogP) is 4.38. The van der Waals surface area contributed by atoms with Gasteiger partial charge in [-0.05, 0) is 35.9 Å². The van der Waals surface area contributed by atoms with Crippen LogP contribution in [0.1, 0.15) is 26.3 Å². The Bertz CT molecular complexity index is 1470. The summed E-state index contributed by atoms with van der Waals surface area (Å²) in [6, 6.07) is 20.4. The van der Waals surface area contributed by atoms with Gasteiger partial charge in [-0.15, -0.1) is 11.3 Å². The molecule has 3 heterocycles. The highest BCUT2D eigenvalue weighted by molar-refractivity contribution is 7.14. The smallest absolute Gasteiger partial charge is 0.262 e. The highest BCUT2D eigenvalue weighted by Crippen LogP contribution is 2.36. The van der Waals surface area contributed by atoms with Crippen LogP contribution >= 0.6 is 11.3 Å². The van der Waals surface area contributed by atoms with Crippen LogP contribution < -0.4 is 14.8 Å². The largest absolute Gasteiger partial charge is 0.454 e. The molecule has 1 aromatic heterocycles. The van der Waals surface area contributed by atoms with E-state index in [1.54, 1.807) is 24.3 Å². The molecule has 1 N–H and O–H groups in total. The number of hydrogen-bond donors (Lipinski definition) is 1. The fraction of sp³-hybridized carbons (Fsp3) is 0.111. The van der Waals surface area contributed by atoms with Crippen molar-refractivity contribution in [1.29, 1.82) is 0 Å². The molecular formula is C27H19N3O5S. The van der Waals surface area contributed by atoms with Crippen molar-refractivity contribution >= 4 is 34.2 Å². The summed E-state index contributed by atoms with van der Waals surface area (Å²) >= 11 is 1.26. The first-order chi connectivity index (χ1) is 17.6. The van der Waals surface area contributed by atoms with E-state index >= 15 is 0 Å². The maximum Gasteiger partial charge on any atom is 0.262 e. The lowest BCUT2D eigenvalue weighted by molar-refractivity contribution is -0.119. The molecule has 0 bridgehead atoms. The highest BCUT2D eigenvalue weighted by atomic mass is 32.1. The molecule has 0 saturated heterocycles. The number of thiazole rings is 1. The Kier molecular flexibility index (Phi) is 5.46. The molecule has 9 heteroatoms. The quantitative estimate of drug-likeness (QED) is 0.397. The van der Waals surface area contributed by atoms with Crippen molar-refractivity contribution < 1.29 is 23.9 Å². The number of imide groups is 1. The third-order valence-corrected chi connectivity index (χ3v) is 6.87. The van der Waals surface area contributed by atoms with Crippen molar-refractivity contribution in [2.24, 2.45) is 0 Å². The Hall–Kier alpha value is -4.50. The van der Waals surface area contributed by atoms with Crippen LogP contribution in [0.25, 0.3) is 11.3 Å². The van der Waals surface area contributed by atoms with Gasteiger partial charge in [-0.1, -0.05) is 42.5 Å². The molecule has 2 aliphatic heterocycles. The number of fused-ring (bicyclic) bond motifs is 2. The molecular weight excluding hydrogens is 478 g/mol. The van der Waals surface area contributed by atoms with Crippen molar-refractivity contribution in [3.05, 3.63) is 94.9 Å². The SMILES string of the molecule is O=C(Nc1nc(-c2ccc3c(c2)OCO3)cs1)[C@H](Cc1ccccc1)N1C(=O)c2ccccc2C1=O. The lowest BCUT2D eigenvalue weighted by Gasteiger charge is -2.25. The Morgan fingerprint density at radius 2 is 1.64 bits per heavy atom. The normalized spacial score (nSPS) is 14.6. The molecule has 0 saturated carbocycles. The Morgan fingerprint density at radius 1 is 0.944 bits per heavy atom. The van der Waals surface area contributed by atoms with Gasteiger partial charge in [-0.2, -0.15) is 0 Å². The number of rotatable bonds is 6. The third kappa shape index (κ3) is 3.89. The van der Waals surface area contributed by atoms with Gasteiger partial charge in [0.15, 0.2) is 16.6 Å². The summed E-state index contributed by atoms with van der Waals surface area (Å²) in [6.07, 6.45) is 0.179. The minimum atomic E-state index is -1.04. The maximum absolute atomic E-state index is 13.5. The van der Waals surface area contributed by atoms with Crippen molar-refractivity contribution in [2.75, 3.05) is 12.1 Å². The molecule has 0 aliphatic carbocycles. The number of amides is 3. The molecule has 0 spiro atoms. The zero-order valence-corrected chi connectivity index (χ0v) is 19.7. The van der Waals surface area contributed by atoms with Crippen molar-refractivity contribution in [3.8, 4) is 22.8 Å². The van der Waals surface area contributed by atoms with Gasteiger partial charge in [-0.3, -0.25) is 19.3 Å². The van der Waals surface area contributed by atoms with Crippen LogP contribution in [-0.4, -0.2) is 40.4 Å². The standard InChI is InChI=1S/C27H19N3O5S/c31-24(29-27-28-20(14-36-27)17-10-11-22-23(13-17)35-15-34-22)21(12-16-6-2-1-3-7-16)30-25(32)18-8-4-5-9-19(18)26(30)33/h1-11,13-14,21H,12,15H2,(H,28,29,31)/t21-/m0/s1.